The molecule has 0 spiro atoms. The van der Waals surface area contributed by atoms with Gasteiger partial charge in [-0.25, -0.2) is 13.4 Å². The van der Waals surface area contributed by atoms with Crippen LogP contribution in [-0.2, 0) is 21.1 Å². The number of rotatable bonds is 5. The van der Waals surface area contributed by atoms with Gasteiger partial charge in [0.15, 0.2) is 11.1 Å². The summed E-state index contributed by atoms with van der Waals surface area (Å²) in [6, 6.07) is 13.0. The molecule has 2 aromatic carbocycles. The lowest BCUT2D eigenvalue weighted by molar-refractivity contribution is -0.347. The molecule has 0 aliphatic carbocycles. The van der Waals surface area contributed by atoms with E-state index in [4.69, 9.17) is 5.73 Å². The molecule has 7 heteroatoms. The number of aromatic amines is 1. The smallest absolute Gasteiger partial charge is 0.220 e. The zero-order valence-corrected chi connectivity index (χ0v) is 18.7. The van der Waals surface area contributed by atoms with E-state index in [1.807, 2.05) is 25.1 Å². The summed E-state index contributed by atoms with van der Waals surface area (Å²) in [6.07, 6.45) is 3.69. The number of benzene rings is 2. The van der Waals surface area contributed by atoms with Crippen molar-refractivity contribution in [3.63, 3.8) is 0 Å². The van der Waals surface area contributed by atoms with E-state index in [0.717, 1.165) is 28.5 Å². The second kappa shape index (κ2) is 8.30. The molecule has 6 nitrogen and oxygen atoms in total. The van der Waals surface area contributed by atoms with Gasteiger partial charge in [-0.3, -0.25) is 4.79 Å². The molecule has 1 amide bonds. The van der Waals surface area contributed by atoms with Crippen LogP contribution in [0.1, 0.15) is 30.9 Å². The quantitative estimate of drug-likeness (QED) is 0.662. The predicted molar refractivity (Wildman–Crippen MR) is 121 cm³/mol. The summed E-state index contributed by atoms with van der Waals surface area (Å²) < 4.78 is 27.3. The Morgan fingerprint density at radius 2 is 1.81 bits per heavy atom. The number of pyridine rings is 1. The fourth-order valence-electron chi connectivity index (χ4n) is 4.24. The topological polar surface area (TPSA) is 94.6 Å². The molecule has 1 saturated heterocycles. The third kappa shape index (κ3) is 4.02. The first kappa shape index (κ1) is 21.3. The number of carbonyl (C=O) groups excluding carboxylic acids is 1. The molecule has 1 fully saturated rings. The van der Waals surface area contributed by atoms with E-state index in [1.54, 1.807) is 18.3 Å². The van der Waals surface area contributed by atoms with Gasteiger partial charge >= 0.3 is 0 Å². The minimum absolute atomic E-state index is 0.166. The maximum atomic E-state index is 13.7. The zero-order valence-electron chi connectivity index (χ0n) is 17.9. The van der Waals surface area contributed by atoms with E-state index in [-0.39, 0.29) is 21.6 Å². The fraction of sp³-hybridized carbons (Fsp3) is 0.333. The molecule has 4 rings (SSSR count). The third-order valence-corrected chi connectivity index (χ3v) is 7.96. The van der Waals surface area contributed by atoms with Gasteiger partial charge in [-0.15, -0.1) is 0 Å². The summed E-state index contributed by atoms with van der Waals surface area (Å²) in [4.78, 5) is 17.4. The van der Waals surface area contributed by atoms with Gasteiger partial charge < -0.3 is 10.6 Å². The van der Waals surface area contributed by atoms with Crippen molar-refractivity contribution in [3.8, 4) is 0 Å². The van der Waals surface area contributed by atoms with Crippen molar-refractivity contribution in [3.05, 3.63) is 59.8 Å². The van der Waals surface area contributed by atoms with E-state index >= 15 is 0 Å². The number of anilines is 1. The Balaban J connectivity index is 1.90. The van der Waals surface area contributed by atoms with Crippen LogP contribution in [0.5, 0.6) is 0 Å². The number of aromatic nitrogens is 1. The monoisotopic (exact) mass is 438 g/mol. The molecule has 3 aromatic rings. The molecule has 0 bridgehead atoms. The first-order valence-corrected chi connectivity index (χ1v) is 12.1. The Morgan fingerprint density at radius 1 is 1.13 bits per heavy atom. The summed E-state index contributed by atoms with van der Waals surface area (Å²) in [5, 5.41) is 0.880. The fourth-order valence-corrected chi connectivity index (χ4v) is 5.70. The van der Waals surface area contributed by atoms with Crippen molar-refractivity contribution in [1.82, 2.24) is 0 Å². The lowest BCUT2D eigenvalue weighted by Crippen LogP contribution is -2.39. The normalized spacial score (nSPS) is 15.4. The van der Waals surface area contributed by atoms with E-state index in [0.29, 0.717) is 31.6 Å². The Labute approximate surface area is 183 Å². The number of nitrogens with one attached hydrogen (secondary N) is 1. The molecule has 0 saturated carbocycles. The average molecular weight is 439 g/mol. The minimum atomic E-state index is -3.74. The summed E-state index contributed by atoms with van der Waals surface area (Å²) in [6.45, 7) is 5.18. The molecule has 2 heterocycles. The van der Waals surface area contributed by atoms with Crippen LogP contribution in [0, 0.1) is 12.8 Å². The average Bonchev–Trinajstić information content (AvgIpc) is 2.78. The lowest BCUT2D eigenvalue weighted by atomic mass is 9.95. The first-order chi connectivity index (χ1) is 14.8. The summed E-state index contributed by atoms with van der Waals surface area (Å²) in [7, 11) is -3.74. The van der Waals surface area contributed by atoms with E-state index < -0.39 is 9.84 Å². The number of amides is 1. The van der Waals surface area contributed by atoms with Crippen LogP contribution in [0.25, 0.3) is 10.9 Å². The Hall–Kier alpha value is -2.93. The Bertz CT molecular complexity index is 1230. The SMILES string of the molecule is CCc1ccc2[nH+]cc(S(=O)(=O)c3ccc(C)cc3)c(N3CCC(C(N)=O)CC3)c2c1. The van der Waals surface area contributed by atoms with E-state index in [2.05, 4.69) is 28.9 Å². The summed E-state index contributed by atoms with van der Waals surface area (Å²) in [5.74, 6) is -0.451. The van der Waals surface area contributed by atoms with Gasteiger partial charge in [0, 0.05) is 25.1 Å². The van der Waals surface area contributed by atoms with Crippen LogP contribution in [-0.4, -0.2) is 27.4 Å². The van der Waals surface area contributed by atoms with Crippen LogP contribution in [0.2, 0.25) is 0 Å². The van der Waals surface area contributed by atoms with Crippen molar-refractivity contribution in [2.45, 2.75) is 42.9 Å². The van der Waals surface area contributed by atoms with Gasteiger partial charge in [-0.05, 0) is 49.9 Å². The molecule has 0 unspecified atom stereocenters. The standard InChI is InChI=1S/C24H27N3O3S/c1-3-17-6-9-21-20(14-17)23(27-12-10-18(11-13-27)24(25)28)22(15-26-21)31(29,30)19-7-4-16(2)5-8-19/h4-9,14-15,18H,3,10-13H2,1-2H3,(H2,25,28)/p+1. The number of piperidine rings is 1. The number of fused-ring (bicyclic) bond motifs is 1. The molecule has 1 aliphatic rings. The molecular weight excluding hydrogens is 410 g/mol. The first-order valence-electron chi connectivity index (χ1n) is 10.6. The number of sulfone groups is 1. The van der Waals surface area contributed by atoms with Crippen LogP contribution in [0.3, 0.4) is 0 Å². The number of nitrogens with zero attached hydrogens (tertiary/aromatic N) is 1. The maximum Gasteiger partial charge on any atom is 0.220 e. The number of hydrogen-bond donors (Lipinski definition) is 1. The Kier molecular flexibility index (Phi) is 5.71. The molecule has 0 atom stereocenters. The molecule has 1 aliphatic heterocycles. The second-order valence-corrected chi connectivity index (χ2v) is 10.1. The van der Waals surface area contributed by atoms with Crippen LogP contribution in [0.4, 0.5) is 5.69 Å². The highest BCUT2D eigenvalue weighted by molar-refractivity contribution is 7.91. The lowest BCUT2D eigenvalue weighted by Gasteiger charge is -2.33. The van der Waals surface area contributed by atoms with E-state index in [9.17, 15) is 13.2 Å². The largest absolute Gasteiger partial charge is 0.370 e. The highest BCUT2D eigenvalue weighted by Gasteiger charge is 2.32. The predicted octanol–water partition coefficient (Wildman–Crippen LogP) is 3.06. The number of primary amides is 1. The highest BCUT2D eigenvalue weighted by Crippen LogP contribution is 2.37. The van der Waals surface area contributed by atoms with Crippen molar-refractivity contribution >= 4 is 32.3 Å². The number of carbonyl (C=O) groups is 1. The summed E-state index contributed by atoms with van der Waals surface area (Å²) in [5.41, 5.74) is 9.23. The van der Waals surface area contributed by atoms with Crippen molar-refractivity contribution < 1.29 is 18.2 Å². The maximum absolute atomic E-state index is 13.7. The Morgan fingerprint density at radius 3 is 2.42 bits per heavy atom. The molecular formula is C24H28N3O3S+. The highest BCUT2D eigenvalue weighted by atomic mass is 32.2. The zero-order chi connectivity index (χ0) is 22.2. The number of nitrogens with two attached hydrogens (primary N) is 1. The van der Waals surface area contributed by atoms with Crippen LogP contribution < -0.4 is 15.6 Å². The van der Waals surface area contributed by atoms with Gasteiger partial charge in [0.1, 0.15) is 0 Å². The number of hydrogen-bond acceptors (Lipinski definition) is 4. The third-order valence-electron chi connectivity index (χ3n) is 6.17. The second-order valence-electron chi connectivity index (χ2n) is 8.22. The van der Waals surface area contributed by atoms with Gasteiger partial charge in [-0.1, -0.05) is 30.7 Å². The summed E-state index contributed by atoms with van der Waals surface area (Å²) >= 11 is 0. The van der Waals surface area contributed by atoms with Crippen LogP contribution >= 0.6 is 0 Å². The van der Waals surface area contributed by atoms with Gasteiger partial charge in [-0.2, -0.15) is 0 Å². The molecule has 31 heavy (non-hydrogen) atoms. The van der Waals surface area contributed by atoms with Gasteiger partial charge in [0.25, 0.3) is 0 Å². The van der Waals surface area contributed by atoms with Crippen molar-refractivity contribution in [1.29, 1.82) is 0 Å². The van der Waals surface area contributed by atoms with Gasteiger partial charge in [0.05, 0.1) is 16.0 Å². The number of H-pyrrole nitrogens is 1. The van der Waals surface area contributed by atoms with E-state index in [1.165, 1.54) is 0 Å². The van der Waals surface area contributed by atoms with Crippen LogP contribution in [0.15, 0.2) is 58.5 Å². The minimum Gasteiger partial charge on any atom is -0.370 e. The number of aryl methyl sites for hydroxylation is 2. The molecule has 1 aromatic heterocycles. The molecule has 3 N–H and O–H groups in total. The van der Waals surface area contributed by atoms with Gasteiger partial charge in [0.2, 0.25) is 21.3 Å². The van der Waals surface area contributed by atoms with Crippen molar-refractivity contribution in [2.24, 2.45) is 11.7 Å². The van der Waals surface area contributed by atoms with Crippen molar-refractivity contribution in [2.75, 3.05) is 18.0 Å². The molecule has 0 radical (unpaired) electrons. The molecule has 162 valence electrons.